The number of ether oxygens (including phenoxy) is 1. The van der Waals surface area contributed by atoms with Crippen LogP contribution in [0.5, 0.6) is 5.75 Å². The largest absolute Gasteiger partial charge is 0.481 e. The van der Waals surface area contributed by atoms with E-state index in [9.17, 15) is 4.79 Å². The Bertz CT molecular complexity index is 673. The summed E-state index contributed by atoms with van der Waals surface area (Å²) in [4.78, 5) is 12.2. The normalized spacial score (nSPS) is 11.8. The summed E-state index contributed by atoms with van der Waals surface area (Å²) in [5.41, 5.74) is 2.30. The monoisotopic (exact) mass is 319 g/mol. The van der Waals surface area contributed by atoms with E-state index in [1.807, 2.05) is 13.0 Å². The van der Waals surface area contributed by atoms with Gasteiger partial charge in [0, 0.05) is 0 Å². The van der Waals surface area contributed by atoms with Crippen molar-refractivity contribution in [2.45, 2.75) is 26.6 Å². The number of aliphatic hydroxyl groups excluding tert-OH is 1. The van der Waals surface area contributed by atoms with Crippen molar-refractivity contribution >= 4 is 23.2 Å². The van der Waals surface area contributed by atoms with Crippen molar-refractivity contribution in [3.63, 3.8) is 0 Å². The molecule has 0 aromatic heterocycles. The number of rotatable bonds is 5. The number of amides is 1. The molecule has 5 heteroatoms. The molecule has 0 radical (unpaired) electrons. The molecule has 2 aromatic rings. The fraction of sp³-hybridized carbons (Fsp3) is 0.235. The highest BCUT2D eigenvalue weighted by atomic mass is 35.5. The van der Waals surface area contributed by atoms with Crippen molar-refractivity contribution < 1.29 is 14.6 Å². The Morgan fingerprint density at radius 1 is 1.32 bits per heavy atom. The summed E-state index contributed by atoms with van der Waals surface area (Å²) >= 11 is 6.09. The smallest absolute Gasteiger partial charge is 0.265 e. The van der Waals surface area contributed by atoms with Crippen LogP contribution < -0.4 is 10.1 Å². The Morgan fingerprint density at radius 2 is 2.09 bits per heavy atom. The number of benzene rings is 2. The van der Waals surface area contributed by atoms with Gasteiger partial charge in [0.05, 0.1) is 17.3 Å². The van der Waals surface area contributed by atoms with Crippen LogP contribution in [0.2, 0.25) is 5.02 Å². The van der Waals surface area contributed by atoms with Crippen molar-refractivity contribution in [2.24, 2.45) is 0 Å². The van der Waals surface area contributed by atoms with Crippen LogP contribution in [0.25, 0.3) is 0 Å². The molecule has 0 aliphatic carbocycles. The van der Waals surface area contributed by atoms with Gasteiger partial charge in [-0.2, -0.15) is 0 Å². The maximum absolute atomic E-state index is 12.2. The topological polar surface area (TPSA) is 58.6 Å². The molecule has 22 heavy (non-hydrogen) atoms. The maximum Gasteiger partial charge on any atom is 0.265 e. The second kappa shape index (κ2) is 7.29. The average Bonchev–Trinajstić information content (AvgIpc) is 2.50. The summed E-state index contributed by atoms with van der Waals surface area (Å²) in [5, 5.41) is 12.3. The van der Waals surface area contributed by atoms with Gasteiger partial charge in [0.1, 0.15) is 5.75 Å². The Hall–Kier alpha value is -2.04. The van der Waals surface area contributed by atoms with E-state index in [-0.39, 0.29) is 12.5 Å². The lowest BCUT2D eigenvalue weighted by Gasteiger charge is -2.16. The van der Waals surface area contributed by atoms with Crippen molar-refractivity contribution in [1.29, 1.82) is 0 Å². The zero-order valence-corrected chi connectivity index (χ0v) is 13.2. The van der Waals surface area contributed by atoms with Gasteiger partial charge < -0.3 is 15.2 Å². The molecule has 0 bridgehead atoms. The molecular formula is C17H18ClNO3. The van der Waals surface area contributed by atoms with Crippen molar-refractivity contribution in [1.82, 2.24) is 0 Å². The molecule has 0 aliphatic rings. The summed E-state index contributed by atoms with van der Waals surface area (Å²) in [5.74, 6) is 0.240. The van der Waals surface area contributed by atoms with Crippen molar-refractivity contribution in [2.75, 3.05) is 5.32 Å². The molecule has 1 unspecified atom stereocenters. The summed E-state index contributed by atoms with van der Waals surface area (Å²) in [6.45, 7) is 3.51. The van der Waals surface area contributed by atoms with E-state index in [1.54, 1.807) is 43.3 Å². The van der Waals surface area contributed by atoms with Crippen LogP contribution >= 0.6 is 11.6 Å². The second-order valence-corrected chi connectivity index (χ2v) is 5.45. The first-order valence-corrected chi connectivity index (χ1v) is 7.31. The van der Waals surface area contributed by atoms with Crippen LogP contribution in [0.15, 0.2) is 42.5 Å². The number of anilines is 1. The molecule has 0 spiro atoms. The van der Waals surface area contributed by atoms with E-state index in [2.05, 4.69) is 5.32 Å². The predicted octanol–water partition coefficient (Wildman–Crippen LogP) is 3.55. The molecule has 2 N–H and O–H groups in total. The Kier molecular flexibility index (Phi) is 5.41. The number of aliphatic hydroxyl groups is 1. The molecule has 0 aliphatic heterocycles. The van der Waals surface area contributed by atoms with E-state index in [1.165, 1.54) is 0 Å². The molecule has 1 amide bonds. The quantitative estimate of drug-likeness (QED) is 0.886. The number of nitrogens with one attached hydrogen (secondary N) is 1. The molecule has 0 heterocycles. The van der Waals surface area contributed by atoms with Gasteiger partial charge in [-0.25, -0.2) is 0 Å². The van der Waals surface area contributed by atoms with Crippen molar-refractivity contribution in [3.05, 3.63) is 58.6 Å². The Balaban J connectivity index is 2.02. The lowest BCUT2D eigenvalue weighted by molar-refractivity contribution is -0.122. The molecular weight excluding hydrogens is 302 g/mol. The third-order valence-electron chi connectivity index (χ3n) is 3.15. The SMILES string of the molecule is Cc1ccc(NC(=O)C(C)Oc2cccc(CO)c2)c(Cl)c1. The first-order chi connectivity index (χ1) is 10.5. The summed E-state index contributed by atoms with van der Waals surface area (Å²) < 4.78 is 5.59. The minimum absolute atomic E-state index is 0.0727. The predicted molar refractivity (Wildman–Crippen MR) is 87.3 cm³/mol. The number of hydrogen-bond donors (Lipinski definition) is 2. The highest BCUT2D eigenvalue weighted by molar-refractivity contribution is 6.33. The van der Waals surface area contributed by atoms with Crippen molar-refractivity contribution in [3.8, 4) is 5.75 Å². The van der Waals surface area contributed by atoms with E-state index in [0.717, 1.165) is 11.1 Å². The number of carbonyl (C=O) groups excluding carboxylic acids is 1. The molecule has 4 nitrogen and oxygen atoms in total. The molecule has 2 aromatic carbocycles. The van der Waals surface area contributed by atoms with E-state index in [4.69, 9.17) is 21.4 Å². The van der Waals surface area contributed by atoms with E-state index < -0.39 is 6.10 Å². The van der Waals surface area contributed by atoms with Gasteiger partial charge in [-0.15, -0.1) is 0 Å². The lowest BCUT2D eigenvalue weighted by atomic mass is 10.2. The third kappa shape index (κ3) is 4.23. The van der Waals surface area contributed by atoms with Gasteiger partial charge in [-0.3, -0.25) is 4.79 Å². The zero-order valence-electron chi connectivity index (χ0n) is 12.5. The Labute approximate surface area is 134 Å². The molecule has 116 valence electrons. The highest BCUT2D eigenvalue weighted by Gasteiger charge is 2.16. The van der Waals surface area contributed by atoms with Crippen LogP contribution in [-0.2, 0) is 11.4 Å². The average molecular weight is 320 g/mol. The van der Waals surface area contributed by atoms with Gasteiger partial charge in [0.25, 0.3) is 5.91 Å². The van der Waals surface area contributed by atoms with Gasteiger partial charge >= 0.3 is 0 Å². The summed E-state index contributed by atoms with van der Waals surface area (Å²) in [6.07, 6.45) is -0.689. The van der Waals surface area contributed by atoms with Gasteiger partial charge in [-0.05, 0) is 49.2 Å². The van der Waals surface area contributed by atoms with Crippen LogP contribution in [0.3, 0.4) is 0 Å². The zero-order chi connectivity index (χ0) is 16.1. The summed E-state index contributed by atoms with van der Waals surface area (Å²) in [7, 11) is 0. The minimum atomic E-state index is -0.689. The summed E-state index contributed by atoms with van der Waals surface area (Å²) in [6, 6.07) is 12.4. The highest BCUT2D eigenvalue weighted by Crippen LogP contribution is 2.23. The molecule has 2 rings (SSSR count). The van der Waals surface area contributed by atoms with Gasteiger partial charge in [0.15, 0.2) is 6.10 Å². The first-order valence-electron chi connectivity index (χ1n) is 6.93. The molecule has 0 saturated carbocycles. The van der Waals surface area contributed by atoms with Crippen LogP contribution in [0.1, 0.15) is 18.1 Å². The second-order valence-electron chi connectivity index (χ2n) is 5.04. The van der Waals surface area contributed by atoms with E-state index in [0.29, 0.717) is 16.5 Å². The fourth-order valence-corrected chi connectivity index (χ4v) is 2.21. The molecule has 1 atom stereocenters. The number of hydrogen-bond acceptors (Lipinski definition) is 3. The van der Waals surface area contributed by atoms with Crippen LogP contribution in [-0.4, -0.2) is 17.1 Å². The number of carbonyl (C=O) groups is 1. The standard InChI is InChI=1S/C17H18ClNO3/c1-11-6-7-16(15(18)8-11)19-17(21)12(2)22-14-5-3-4-13(9-14)10-20/h3-9,12,20H,10H2,1-2H3,(H,19,21). The minimum Gasteiger partial charge on any atom is -0.481 e. The Morgan fingerprint density at radius 3 is 2.77 bits per heavy atom. The number of aryl methyl sites for hydroxylation is 1. The van der Waals surface area contributed by atoms with Gasteiger partial charge in [-0.1, -0.05) is 29.8 Å². The number of halogens is 1. The lowest BCUT2D eigenvalue weighted by Crippen LogP contribution is -2.30. The molecule has 0 saturated heterocycles. The van der Waals surface area contributed by atoms with Crippen LogP contribution in [0.4, 0.5) is 5.69 Å². The van der Waals surface area contributed by atoms with Crippen LogP contribution in [0, 0.1) is 6.92 Å². The first kappa shape index (κ1) is 16.3. The maximum atomic E-state index is 12.2. The third-order valence-corrected chi connectivity index (χ3v) is 3.46. The fourth-order valence-electron chi connectivity index (χ4n) is 1.93. The van der Waals surface area contributed by atoms with Gasteiger partial charge in [0.2, 0.25) is 0 Å². The van der Waals surface area contributed by atoms with E-state index >= 15 is 0 Å². The molecule has 0 fully saturated rings.